The van der Waals surface area contributed by atoms with Gasteiger partial charge in [0.1, 0.15) is 5.75 Å². The third-order valence-electron chi connectivity index (χ3n) is 2.50. The second kappa shape index (κ2) is 6.24. The number of amides is 2. The molecule has 98 valence electrons. The van der Waals surface area contributed by atoms with Crippen molar-refractivity contribution in [3.63, 3.8) is 0 Å². The Morgan fingerprint density at radius 3 is 2.58 bits per heavy atom. The van der Waals surface area contributed by atoms with E-state index in [0.717, 1.165) is 10.0 Å². The smallest absolute Gasteiger partial charge is 0.319 e. The van der Waals surface area contributed by atoms with Crippen LogP contribution >= 0.6 is 15.9 Å². The zero-order chi connectivity index (χ0) is 13.7. The minimum absolute atomic E-state index is 0.0178. The van der Waals surface area contributed by atoms with Gasteiger partial charge in [-0.1, -0.05) is 46.3 Å². The first-order valence-electron chi connectivity index (χ1n) is 5.72. The predicted molar refractivity (Wildman–Crippen MR) is 78.1 cm³/mol. The molecule has 0 unspecified atom stereocenters. The topological polar surface area (TPSA) is 61.4 Å². The number of anilines is 1. The zero-order valence-corrected chi connectivity index (χ0v) is 11.6. The maximum Gasteiger partial charge on any atom is 0.319 e. The van der Waals surface area contributed by atoms with E-state index in [9.17, 15) is 9.90 Å². The Bertz CT molecular complexity index is 573. The van der Waals surface area contributed by atoms with E-state index in [1.54, 1.807) is 12.1 Å². The van der Waals surface area contributed by atoms with Gasteiger partial charge in [-0.05, 0) is 23.8 Å². The largest absolute Gasteiger partial charge is 0.506 e. The van der Waals surface area contributed by atoms with E-state index in [1.165, 1.54) is 6.07 Å². The molecular weight excluding hydrogens is 308 g/mol. The molecular formula is C14H13BrN2O2. The SMILES string of the molecule is O=C(NCc1ccccc1)Nc1ccc(Br)cc1O. The number of halogens is 1. The molecule has 0 fully saturated rings. The molecule has 4 nitrogen and oxygen atoms in total. The summed E-state index contributed by atoms with van der Waals surface area (Å²) in [5.41, 5.74) is 1.38. The molecule has 0 aliphatic heterocycles. The third kappa shape index (κ3) is 3.99. The summed E-state index contributed by atoms with van der Waals surface area (Å²) in [5.74, 6) is 0.0178. The molecule has 0 saturated heterocycles. The first kappa shape index (κ1) is 13.4. The van der Waals surface area contributed by atoms with Crippen LogP contribution in [0.4, 0.5) is 10.5 Å². The van der Waals surface area contributed by atoms with Crippen LogP contribution in [0.15, 0.2) is 53.0 Å². The zero-order valence-electron chi connectivity index (χ0n) is 10.1. The number of hydrogen-bond donors (Lipinski definition) is 3. The van der Waals surface area contributed by atoms with Gasteiger partial charge in [0.2, 0.25) is 0 Å². The molecule has 0 spiro atoms. The highest BCUT2D eigenvalue weighted by molar-refractivity contribution is 9.10. The number of nitrogens with one attached hydrogen (secondary N) is 2. The fourth-order valence-electron chi connectivity index (χ4n) is 1.56. The van der Waals surface area contributed by atoms with E-state index in [1.807, 2.05) is 30.3 Å². The van der Waals surface area contributed by atoms with Gasteiger partial charge in [0.05, 0.1) is 5.69 Å². The summed E-state index contributed by atoms with van der Waals surface area (Å²) in [4.78, 5) is 11.7. The van der Waals surface area contributed by atoms with Gasteiger partial charge in [0.15, 0.2) is 0 Å². The number of phenols is 1. The van der Waals surface area contributed by atoms with Crippen LogP contribution in [0.25, 0.3) is 0 Å². The van der Waals surface area contributed by atoms with Crippen LogP contribution in [-0.4, -0.2) is 11.1 Å². The minimum atomic E-state index is -0.360. The molecule has 0 heterocycles. The molecule has 19 heavy (non-hydrogen) atoms. The third-order valence-corrected chi connectivity index (χ3v) is 3.00. The highest BCUT2D eigenvalue weighted by Crippen LogP contribution is 2.26. The van der Waals surface area contributed by atoms with Gasteiger partial charge in [0.25, 0.3) is 0 Å². The Kier molecular flexibility index (Phi) is 4.41. The first-order valence-corrected chi connectivity index (χ1v) is 6.52. The van der Waals surface area contributed by atoms with E-state index in [-0.39, 0.29) is 11.8 Å². The van der Waals surface area contributed by atoms with E-state index in [2.05, 4.69) is 26.6 Å². The normalized spacial score (nSPS) is 9.95. The Morgan fingerprint density at radius 1 is 1.16 bits per heavy atom. The van der Waals surface area contributed by atoms with Crippen molar-refractivity contribution in [3.05, 3.63) is 58.6 Å². The molecule has 3 N–H and O–H groups in total. The van der Waals surface area contributed by atoms with Gasteiger partial charge in [-0.25, -0.2) is 4.79 Å². The first-order chi connectivity index (χ1) is 9.15. The fraction of sp³-hybridized carbons (Fsp3) is 0.0714. The molecule has 0 atom stereocenters. The summed E-state index contributed by atoms with van der Waals surface area (Å²) in [5, 5.41) is 15.0. The molecule has 2 amide bonds. The van der Waals surface area contributed by atoms with Crippen molar-refractivity contribution in [1.82, 2.24) is 5.32 Å². The van der Waals surface area contributed by atoms with E-state index < -0.39 is 0 Å². The molecule has 2 rings (SSSR count). The molecule has 0 aliphatic rings. The van der Waals surface area contributed by atoms with Crippen molar-refractivity contribution in [1.29, 1.82) is 0 Å². The monoisotopic (exact) mass is 320 g/mol. The number of carbonyl (C=O) groups excluding carboxylic acids is 1. The molecule has 0 aromatic heterocycles. The molecule has 0 aliphatic carbocycles. The van der Waals surface area contributed by atoms with Gasteiger partial charge >= 0.3 is 6.03 Å². The quantitative estimate of drug-likeness (QED) is 0.758. The lowest BCUT2D eigenvalue weighted by molar-refractivity contribution is 0.251. The van der Waals surface area contributed by atoms with Crippen molar-refractivity contribution < 1.29 is 9.90 Å². The van der Waals surface area contributed by atoms with Crippen LogP contribution in [-0.2, 0) is 6.54 Å². The Morgan fingerprint density at radius 2 is 1.89 bits per heavy atom. The number of rotatable bonds is 3. The second-order valence-electron chi connectivity index (χ2n) is 3.95. The Labute approximate surface area is 119 Å². The van der Waals surface area contributed by atoms with Crippen LogP contribution in [0.5, 0.6) is 5.75 Å². The molecule has 0 bridgehead atoms. The van der Waals surface area contributed by atoms with Crippen LogP contribution in [0.3, 0.4) is 0 Å². The van der Waals surface area contributed by atoms with Crippen molar-refractivity contribution in [3.8, 4) is 5.75 Å². The lowest BCUT2D eigenvalue weighted by Gasteiger charge is -2.09. The lowest BCUT2D eigenvalue weighted by Crippen LogP contribution is -2.28. The number of hydrogen-bond acceptors (Lipinski definition) is 2. The van der Waals surface area contributed by atoms with Crippen molar-refractivity contribution in [2.75, 3.05) is 5.32 Å². The molecule has 2 aromatic carbocycles. The maximum absolute atomic E-state index is 11.7. The van der Waals surface area contributed by atoms with Crippen LogP contribution < -0.4 is 10.6 Å². The number of phenolic OH excluding ortho intramolecular Hbond substituents is 1. The molecule has 5 heteroatoms. The molecule has 0 saturated carbocycles. The number of urea groups is 1. The molecule has 2 aromatic rings. The summed E-state index contributed by atoms with van der Waals surface area (Å²) in [6.45, 7) is 0.434. The average Bonchev–Trinajstić information content (AvgIpc) is 2.41. The maximum atomic E-state index is 11.7. The lowest BCUT2D eigenvalue weighted by atomic mass is 10.2. The number of carbonyl (C=O) groups is 1. The summed E-state index contributed by atoms with van der Waals surface area (Å²) in [6, 6.07) is 14.1. The van der Waals surface area contributed by atoms with Crippen LogP contribution in [0.1, 0.15) is 5.56 Å². The Hall–Kier alpha value is -2.01. The summed E-state index contributed by atoms with van der Waals surface area (Å²) >= 11 is 3.24. The van der Waals surface area contributed by atoms with Gasteiger partial charge in [-0.15, -0.1) is 0 Å². The van der Waals surface area contributed by atoms with E-state index in [0.29, 0.717) is 12.2 Å². The van der Waals surface area contributed by atoms with Gasteiger partial charge in [0, 0.05) is 11.0 Å². The van der Waals surface area contributed by atoms with Crippen molar-refractivity contribution in [2.45, 2.75) is 6.54 Å². The summed E-state index contributed by atoms with van der Waals surface area (Å²) in [7, 11) is 0. The minimum Gasteiger partial charge on any atom is -0.506 e. The van der Waals surface area contributed by atoms with Gasteiger partial charge in [-0.2, -0.15) is 0 Å². The van der Waals surface area contributed by atoms with Crippen molar-refractivity contribution >= 4 is 27.6 Å². The number of aromatic hydroxyl groups is 1. The number of benzene rings is 2. The van der Waals surface area contributed by atoms with E-state index >= 15 is 0 Å². The second-order valence-corrected chi connectivity index (χ2v) is 4.87. The Balaban J connectivity index is 1.91. The summed E-state index contributed by atoms with van der Waals surface area (Å²) < 4.78 is 0.750. The summed E-state index contributed by atoms with van der Waals surface area (Å²) in [6.07, 6.45) is 0. The van der Waals surface area contributed by atoms with Crippen molar-refractivity contribution in [2.24, 2.45) is 0 Å². The highest BCUT2D eigenvalue weighted by Gasteiger charge is 2.06. The predicted octanol–water partition coefficient (Wildman–Crippen LogP) is 3.48. The molecule has 0 radical (unpaired) electrons. The fourth-order valence-corrected chi connectivity index (χ4v) is 1.90. The van der Waals surface area contributed by atoms with Gasteiger partial charge in [-0.3, -0.25) is 0 Å². The van der Waals surface area contributed by atoms with Crippen LogP contribution in [0.2, 0.25) is 0 Å². The highest BCUT2D eigenvalue weighted by atomic mass is 79.9. The van der Waals surface area contributed by atoms with Crippen LogP contribution in [0, 0.1) is 0 Å². The van der Waals surface area contributed by atoms with Gasteiger partial charge < -0.3 is 15.7 Å². The average molecular weight is 321 g/mol. The standard InChI is InChI=1S/C14H13BrN2O2/c15-11-6-7-12(13(18)8-11)17-14(19)16-9-10-4-2-1-3-5-10/h1-8,18H,9H2,(H2,16,17,19). The van der Waals surface area contributed by atoms with E-state index in [4.69, 9.17) is 0 Å².